The van der Waals surface area contributed by atoms with Crippen molar-refractivity contribution in [3.05, 3.63) is 18.3 Å². The van der Waals surface area contributed by atoms with E-state index in [1.165, 1.54) is 19.3 Å². The molecular weight excluding hydrogens is 252 g/mol. The number of pyridine rings is 1. The molecule has 2 N–H and O–H groups in total. The summed E-state index contributed by atoms with van der Waals surface area (Å²) in [6.07, 6.45) is 7.56. The molecule has 1 aromatic rings. The zero-order chi connectivity index (χ0) is 13.8. The maximum Gasteiger partial charge on any atom is 0.241 e. The third-order valence-corrected chi connectivity index (χ3v) is 4.07. The van der Waals surface area contributed by atoms with Crippen LogP contribution < -0.4 is 15.5 Å². The lowest BCUT2D eigenvalue weighted by molar-refractivity contribution is -0.117. The lowest BCUT2D eigenvalue weighted by Gasteiger charge is -2.27. The molecular formula is C15H22N4O. The Bertz CT molecular complexity index is 447. The Balaban J connectivity index is 1.59. The Kier molecular flexibility index (Phi) is 4.16. The number of anilines is 2. The van der Waals surface area contributed by atoms with E-state index in [1.807, 2.05) is 12.1 Å². The van der Waals surface area contributed by atoms with Gasteiger partial charge in [0.2, 0.25) is 5.91 Å². The molecule has 3 heterocycles. The van der Waals surface area contributed by atoms with Gasteiger partial charge in [0.25, 0.3) is 0 Å². The van der Waals surface area contributed by atoms with Crippen molar-refractivity contribution in [1.82, 2.24) is 10.3 Å². The first-order valence-electron chi connectivity index (χ1n) is 7.58. The lowest BCUT2D eigenvalue weighted by Crippen LogP contribution is -2.35. The average molecular weight is 274 g/mol. The van der Waals surface area contributed by atoms with Gasteiger partial charge in [-0.2, -0.15) is 0 Å². The van der Waals surface area contributed by atoms with Crippen molar-refractivity contribution in [2.45, 2.75) is 38.1 Å². The summed E-state index contributed by atoms with van der Waals surface area (Å²) in [5.41, 5.74) is 0.782. The van der Waals surface area contributed by atoms with Gasteiger partial charge in [-0.15, -0.1) is 0 Å². The molecule has 2 fully saturated rings. The second-order valence-electron chi connectivity index (χ2n) is 5.59. The van der Waals surface area contributed by atoms with Crippen molar-refractivity contribution in [2.75, 3.05) is 29.9 Å². The van der Waals surface area contributed by atoms with Crippen LogP contribution in [0.25, 0.3) is 0 Å². The van der Waals surface area contributed by atoms with Crippen LogP contribution in [0.4, 0.5) is 11.5 Å². The molecule has 108 valence electrons. The van der Waals surface area contributed by atoms with E-state index < -0.39 is 0 Å². The van der Waals surface area contributed by atoms with Crippen molar-refractivity contribution in [3.8, 4) is 0 Å². The number of rotatable bonds is 3. The van der Waals surface area contributed by atoms with Gasteiger partial charge < -0.3 is 15.5 Å². The first-order chi connectivity index (χ1) is 9.83. The van der Waals surface area contributed by atoms with Gasteiger partial charge in [0.1, 0.15) is 5.82 Å². The molecule has 0 bridgehead atoms. The van der Waals surface area contributed by atoms with Crippen LogP contribution in [0, 0.1) is 0 Å². The Morgan fingerprint density at radius 1 is 1.25 bits per heavy atom. The summed E-state index contributed by atoms with van der Waals surface area (Å²) < 4.78 is 0. The first-order valence-corrected chi connectivity index (χ1v) is 7.58. The Hall–Kier alpha value is -1.62. The molecule has 0 aliphatic carbocycles. The molecule has 1 amide bonds. The Morgan fingerprint density at radius 2 is 2.10 bits per heavy atom. The molecule has 1 aromatic heterocycles. The fraction of sp³-hybridized carbons (Fsp3) is 0.600. The average Bonchev–Trinajstić information content (AvgIpc) is 3.03. The molecule has 1 atom stereocenters. The Labute approximate surface area is 119 Å². The largest absolute Gasteiger partial charge is 0.357 e. The third-order valence-electron chi connectivity index (χ3n) is 4.07. The van der Waals surface area contributed by atoms with E-state index in [2.05, 4.69) is 20.5 Å². The fourth-order valence-electron chi connectivity index (χ4n) is 2.91. The number of carbonyl (C=O) groups is 1. The Morgan fingerprint density at radius 3 is 2.75 bits per heavy atom. The number of aromatic nitrogens is 1. The van der Waals surface area contributed by atoms with Crippen LogP contribution in [0.1, 0.15) is 32.1 Å². The maximum atomic E-state index is 12.0. The predicted octanol–water partition coefficient (Wildman–Crippen LogP) is 1.76. The fourth-order valence-corrected chi connectivity index (χ4v) is 2.91. The topological polar surface area (TPSA) is 57.3 Å². The van der Waals surface area contributed by atoms with E-state index in [0.29, 0.717) is 0 Å². The summed E-state index contributed by atoms with van der Waals surface area (Å²) in [4.78, 5) is 18.8. The number of hydrogen-bond acceptors (Lipinski definition) is 4. The molecule has 1 unspecified atom stereocenters. The lowest BCUT2D eigenvalue weighted by atomic mass is 10.1. The van der Waals surface area contributed by atoms with Crippen LogP contribution >= 0.6 is 0 Å². The highest BCUT2D eigenvalue weighted by Gasteiger charge is 2.22. The van der Waals surface area contributed by atoms with E-state index in [9.17, 15) is 4.79 Å². The molecule has 20 heavy (non-hydrogen) atoms. The molecule has 3 rings (SSSR count). The van der Waals surface area contributed by atoms with Gasteiger partial charge in [0.15, 0.2) is 0 Å². The molecule has 0 radical (unpaired) electrons. The summed E-state index contributed by atoms with van der Waals surface area (Å²) in [7, 11) is 0. The molecule has 5 heteroatoms. The molecule has 0 saturated carbocycles. The van der Waals surface area contributed by atoms with Gasteiger partial charge in [-0.05, 0) is 50.8 Å². The normalized spacial score (nSPS) is 22.8. The van der Waals surface area contributed by atoms with E-state index in [0.717, 1.165) is 44.0 Å². The molecule has 2 aliphatic rings. The van der Waals surface area contributed by atoms with Crippen molar-refractivity contribution < 1.29 is 4.79 Å². The smallest absolute Gasteiger partial charge is 0.241 e. The minimum atomic E-state index is -0.0447. The minimum Gasteiger partial charge on any atom is -0.357 e. The zero-order valence-corrected chi connectivity index (χ0v) is 11.8. The highest BCUT2D eigenvalue weighted by Crippen LogP contribution is 2.19. The zero-order valence-electron chi connectivity index (χ0n) is 11.8. The number of amides is 1. The standard InChI is InChI=1S/C15H22N4O/c20-15(13-5-4-8-16-13)18-12-6-7-14(17-11-12)19-9-2-1-3-10-19/h6-7,11,13,16H,1-5,8-10H2,(H,18,20). The molecule has 0 aromatic carbocycles. The maximum absolute atomic E-state index is 12.0. The van der Waals surface area contributed by atoms with Crippen LogP contribution in [0.15, 0.2) is 18.3 Å². The molecule has 2 aliphatic heterocycles. The van der Waals surface area contributed by atoms with Gasteiger partial charge in [-0.1, -0.05) is 0 Å². The quantitative estimate of drug-likeness (QED) is 0.882. The highest BCUT2D eigenvalue weighted by molar-refractivity contribution is 5.94. The van der Waals surface area contributed by atoms with Gasteiger partial charge in [-0.25, -0.2) is 4.98 Å². The van der Waals surface area contributed by atoms with Gasteiger partial charge in [-0.3, -0.25) is 4.79 Å². The SMILES string of the molecule is O=C(Nc1ccc(N2CCCCC2)nc1)C1CCCN1. The minimum absolute atomic E-state index is 0.0447. The number of hydrogen-bond donors (Lipinski definition) is 2. The van der Waals surface area contributed by atoms with Crippen LogP contribution in [-0.2, 0) is 4.79 Å². The van der Waals surface area contributed by atoms with Crippen LogP contribution in [0.3, 0.4) is 0 Å². The summed E-state index contributed by atoms with van der Waals surface area (Å²) in [5.74, 6) is 1.07. The van der Waals surface area contributed by atoms with Crippen LogP contribution in [-0.4, -0.2) is 36.6 Å². The monoisotopic (exact) mass is 274 g/mol. The van der Waals surface area contributed by atoms with E-state index >= 15 is 0 Å². The van der Waals surface area contributed by atoms with Crippen molar-refractivity contribution >= 4 is 17.4 Å². The first kappa shape index (κ1) is 13.4. The number of piperidine rings is 1. The van der Waals surface area contributed by atoms with Crippen molar-refractivity contribution in [2.24, 2.45) is 0 Å². The van der Waals surface area contributed by atoms with E-state index in [4.69, 9.17) is 0 Å². The third kappa shape index (κ3) is 3.10. The van der Waals surface area contributed by atoms with Gasteiger partial charge in [0, 0.05) is 13.1 Å². The summed E-state index contributed by atoms with van der Waals surface area (Å²) in [6.45, 7) is 3.11. The van der Waals surface area contributed by atoms with Gasteiger partial charge in [0.05, 0.1) is 17.9 Å². The predicted molar refractivity (Wildman–Crippen MR) is 80.0 cm³/mol. The summed E-state index contributed by atoms with van der Waals surface area (Å²) >= 11 is 0. The van der Waals surface area contributed by atoms with Crippen molar-refractivity contribution in [3.63, 3.8) is 0 Å². The molecule has 2 saturated heterocycles. The highest BCUT2D eigenvalue weighted by atomic mass is 16.2. The van der Waals surface area contributed by atoms with Crippen LogP contribution in [0.5, 0.6) is 0 Å². The molecule has 0 spiro atoms. The van der Waals surface area contributed by atoms with Crippen molar-refractivity contribution in [1.29, 1.82) is 0 Å². The van der Waals surface area contributed by atoms with Gasteiger partial charge >= 0.3 is 0 Å². The number of carbonyl (C=O) groups excluding carboxylic acids is 1. The second-order valence-corrected chi connectivity index (χ2v) is 5.59. The number of nitrogens with zero attached hydrogens (tertiary/aromatic N) is 2. The summed E-state index contributed by atoms with van der Waals surface area (Å²) in [6, 6.07) is 3.91. The second kappa shape index (κ2) is 6.22. The van der Waals surface area contributed by atoms with E-state index in [1.54, 1.807) is 6.20 Å². The summed E-state index contributed by atoms with van der Waals surface area (Å²) in [5, 5.41) is 6.13. The van der Waals surface area contributed by atoms with E-state index in [-0.39, 0.29) is 11.9 Å². The molecule has 5 nitrogen and oxygen atoms in total. The van der Waals surface area contributed by atoms with Crippen LogP contribution in [0.2, 0.25) is 0 Å². The number of nitrogens with one attached hydrogen (secondary N) is 2.